The van der Waals surface area contributed by atoms with E-state index in [-0.39, 0.29) is 33.9 Å². The van der Waals surface area contributed by atoms with Gasteiger partial charge in [0.05, 0.1) is 22.7 Å². The van der Waals surface area contributed by atoms with Gasteiger partial charge in [-0.15, -0.1) is 0 Å². The quantitative estimate of drug-likeness (QED) is 0.742. The Morgan fingerprint density at radius 1 is 1.12 bits per heavy atom. The summed E-state index contributed by atoms with van der Waals surface area (Å²) in [5.74, 6) is -0.617. The number of methoxy groups -OCH3 is 1. The van der Waals surface area contributed by atoms with Gasteiger partial charge in [-0.05, 0) is 29.7 Å². The normalized spacial score (nSPS) is 13.1. The minimum Gasteiger partial charge on any atom is -0.494 e. The van der Waals surface area contributed by atoms with E-state index in [9.17, 15) is 9.59 Å². The maximum absolute atomic E-state index is 12.4. The fraction of sp³-hybridized carbons (Fsp3) is 0.263. The van der Waals surface area contributed by atoms with Gasteiger partial charge in [-0.2, -0.15) is 0 Å². The fourth-order valence-corrected chi connectivity index (χ4v) is 3.52. The number of carbonyl (C=O) groups excluding carboxylic acids is 2. The lowest BCUT2D eigenvalue weighted by Crippen LogP contribution is -2.38. The number of nitrogens with zero attached hydrogens (tertiary/aromatic N) is 1. The Bertz CT molecular complexity index is 830. The van der Waals surface area contributed by atoms with Gasteiger partial charge in [0, 0.05) is 13.1 Å². The van der Waals surface area contributed by atoms with Gasteiger partial charge in [0.1, 0.15) is 0 Å². The van der Waals surface area contributed by atoms with Crippen molar-refractivity contribution in [2.75, 3.05) is 20.3 Å². The van der Waals surface area contributed by atoms with E-state index in [4.69, 9.17) is 32.7 Å². The highest BCUT2D eigenvalue weighted by atomic mass is 35.5. The molecule has 1 aliphatic rings. The lowest BCUT2D eigenvalue weighted by Gasteiger charge is -2.28. The number of hydrogen-bond donors (Lipinski definition) is 0. The van der Waals surface area contributed by atoms with E-state index in [1.54, 1.807) is 4.90 Å². The summed E-state index contributed by atoms with van der Waals surface area (Å²) in [5, 5.41) is 0.400. The molecule has 5 nitrogen and oxygen atoms in total. The number of carbonyl (C=O) groups is 2. The summed E-state index contributed by atoms with van der Waals surface area (Å²) in [4.78, 5) is 26.2. The number of rotatable bonds is 4. The Labute approximate surface area is 161 Å². The SMILES string of the molecule is COc1c(Cl)cc(C(=O)OCC(=O)N2CCc3ccccc3C2)cc1Cl. The zero-order valence-corrected chi connectivity index (χ0v) is 15.6. The van der Waals surface area contributed by atoms with Crippen molar-refractivity contribution in [1.82, 2.24) is 4.90 Å². The van der Waals surface area contributed by atoms with Crippen molar-refractivity contribution < 1.29 is 19.1 Å². The molecule has 0 spiro atoms. The topological polar surface area (TPSA) is 55.8 Å². The molecule has 0 atom stereocenters. The van der Waals surface area contributed by atoms with Crippen LogP contribution in [0.25, 0.3) is 0 Å². The van der Waals surface area contributed by atoms with Crippen LogP contribution >= 0.6 is 23.2 Å². The predicted molar refractivity (Wildman–Crippen MR) is 98.9 cm³/mol. The highest BCUT2D eigenvalue weighted by molar-refractivity contribution is 6.37. The van der Waals surface area contributed by atoms with Gasteiger partial charge < -0.3 is 14.4 Å². The summed E-state index contributed by atoms with van der Waals surface area (Å²) in [5.41, 5.74) is 2.53. The molecule has 2 aromatic carbocycles. The van der Waals surface area contributed by atoms with Gasteiger partial charge in [-0.25, -0.2) is 4.79 Å². The van der Waals surface area contributed by atoms with Crippen LogP contribution in [0, 0.1) is 0 Å². The van der Waals surface area contributed by atoms with Crippen molar-refractivity contribution in [3.05, 3.63) is 63.1 Å². The average Bonchev–Trinajstić information content (AvgIpc) is 2.65. The minimum atomic E-state index is -0.665. The average molecular weight is 394 g/mol. The van der Waals surface area contributed by atoms with Gasteiger partial charge in [0.2, 0.25) is 0 Å². The van der Waals surface area contributed by atoms with E-state index < -0.39 is 5.97 Å². The number of fused-ring (bicyclic) bond motifs is 1. The maximum atomic E-state index is 12.4. The smallest absolute Gasteiger partial charge is 0.338 e. The second-order valence-electron chi connectivity index (χ2n) is 5.88. The number of amides is 1. The third kappa shape index (κ3) is 3.94. The molecule has 0 unspecified atom stereocenters. The molecular weight excluding hydrogens is 377 g/mol. The Morgan fingerprint density at radius 3 is 2.42 bits per heavy atom. The predicted octanol–water partition coefficient (Wildman–Crippen LogP) is 3.74. The van der Waals surface area contributed by atoms with Crippen molar-refractivity contribution in [3.8, 4) is 5.75 Å². The van der Waals surface area contributed by atoms with Crippen molar-refractivity contribution in [2.24, 2.45) is 0 Å². The third-order valence-electron chi connectivity index (χ3n) is 4.25. The number of hydrogen-bond acceptors (Lipinski definition) is 4. The van der Waals surface area contributed by atoms with Crippen molar-refractivity contribution in [1.29, 1.82) is 0 Å². The van der Waals surface area contributed by atoms with E-state index in [1.165, 1.54) is 24.8 Å². The van der Waals surface area contributed by atoms with E-state index in [0.717, 1.165) is 12.0 Å². The van der Waals surface area contributed by atoms with E-state index in [0.29, 0.717) is 13.1 Å². The molecule has 1 aliphatic heterocycles. The molecule has 26 heavy (non-hydrogen) atoms. The number of benzene rings is 2. The fourth-order valence-electron chi connectivity index (χ4n) is 2.88. The van der Waals surface area contributed by atoms with E-state index >= 15 is 0 Å². The largest absolute Gasteiger partial charge is 0.494 e. The first kappa shape index (κ1) is 18.5. The van der Waals surface area contributed by atoms with Crippen LogP contribution < -0.4 is 4.74 Å². The van der Waals surface area contributed by atoms with E-state index in [2.05, 4.69) is 6.07 Å². The maximum Gasteiger partial charge on any atom is 0.338 e. The molecule has 136 valence electrons. The molecule has 0 fully saturated rings. The number of esters is 1. The van der Waals surface area contributed by atoms with Crippen molar-refractivity contribution in [2.45, 2.75) is 13.0 Å². The van der Waals surface area contributed by atoms with Crippen LogP contribution in [-0.4, -0.2) is 37.0 Å². The zero-order valence-electron chi connectivity index (χ0n) is 14.1. The Morgan fingerprint density at radius 2 is 1.77 bits per heavy atom. The Kier molecular flexibility index (Phi) is 5.69. The molecule has 0 saturated heterocycles. The van der Waals surface area contributed by atoms with Crippen LogP contribution in [0.4, 0.5) is 0 Å². The van der Waals surface area contributed by atoms with Crippen LogP contribution in [-0.2, 0) is 22.5 Å². The van der Waals surface area contributed by atoms with Gasteiger partial charge in [0.15, 0.2) is 12.4 Å². The molecule has 0 aliphatic carbocycles. The summed E-state index contributed by atoms with van der Waals surface area (Å²) in [7, 11) is 1.43. The van der Waals surface area contributed by atoms with Gasteiger partial charge >= 0.3 is 5.97 Å². The summed E-state index contributed by atoms with van der Waals surface area (Å²) < 4.78 is 10.2. The molecule has 7 heteroatoms. The standard InChI is InChI=1S/C19H17Cl2NO4/c1-25-18-15(20)8-14(9-16(18)21)19(24)26-11-17(23)22-7-6-12-4-2-3-5-13(12)10-22/h2-5,8-9H,6-7,10-11H2,1H3. The van der Waals surface area contributed by atoms with Gasteiger partial charge in [-0.3, -0.25) is 4.79 Å². The first-order valence-corrected chi connectivity index (χ1v) is 8.80. The molecule has 0 N–H and O–H groups in total. The lowest BCUT2D eigenvalue weighted by atomic mass is 10.00. The molecule has 2 aromatic rings. The Balaban J connectivity index is 1.61. The van der Waals surface area contributed by atoms with Gasteiger partial charge in [0.25, 0.3) is 5.91 Å². The van der Waals surface area contributed by atoms with Crippen LogP contribution in [0.5, 0.6) is 5.75 Å². The molecule has 0 aromatic heterocycles. The van der Waals surface area contributed by atoms with Gasteiger partial charge in [-0.1, -0.05) is 47.5 Å². The number of halogens is 2. The Hall–Kier alpha value is -2.24. The molecule has 1 heterocycles. The first-order valence-electron chi connectivity index (χ1n) is 8.04. The molecule has 0 radical (unpaired) electrons. The number of ether oxygens (including phenoxy) is 2. The second kappa shape index (κ2) is 7.98. The van der Waals surface area contributed by atoms with Crippen LogP contribution in [0.1, 0.15) is 21.5 Å². The lowest BCUT2D eigenvalue weighted by molar-refractivity contribution is -0.135. The summed E-state index contributed by atoms with van der Waals surface area (Å²) in [6.07, 6.45) is 0.791. The molecule has 1 amide bonds. The molecule has 0 bridgehead atoms. The summed E-state index contributed by atoms with van der Waals surface area (Å²) >= 11 is 12.0. The van der Waals surface area contributed by atoms with Crippen LogP contribution in [0.2, 0.25) is 10.0 Å². The molecule has 0 saturated carbocycles. The highest BCUT2D eigenvalue weighted by Gasteiger charge is 2.22. The van der Waals surface area contributed by atoms with Crippen LogP contribution in [0.3, 0.4) is 0 Å². The van der Waals surface area contributed by atoms with Crippen molar-refractivity contribution in [3.63, 3.8) is 0 Å². The monoisotopic (exact) mass is 393 g/mol. The highest BCUT2D eigenvalue weighted by Crippen LogP contribution is 2.34. The summed E-state index contributed by atoms with van der Waals surface area (Å²) in [6.45, 7) is 0.794. The zero-order chi connectivity index (χ0) is 18.7. The van der Waals surface area contributed by atoms with Crippen LogP contribution in [0.15, 0.2) is 36.4 Å². The molecular formula is C19H17Cl2NO4. The first-order chi connectivity index (χ1) is 12.5. The molecule has 3 rings (SSSR count). The van der Waals surface area contributed by atoms with Crippen molar-refractivity contribution >= 4 is 35.1 Å². The summed E-state index contributed by atoms with van der Waals surface area (Å²) in [6, 6.07) is 10.8. The second-order valence-corrected chi connectivity index (χ2v) is 6.70. The minimum absolute atomic E-state index is 0.164. The van der Waals surface area contributed by atoms with E-state index in [1.807, 2.05) is 18.2 Å². The third-order valence-corrected chi connectivity index (χ3v) is 4.81.